The summed E-state index contributed by atoms with van der Waals surface area (Å²) in [5.41, 5.74) is -1.39. The monoisotopic (exact) mass is 397 g/mol. The lowest BCUT2D eigenvalue weighted by atomic mass is 10.1. The lowest BCUT2D eigenvalue weighted by molar-refractivity contribution is -0.138. The Hall–Kier alpha value is -2.05. The molecule has 9 heteroatoms. The number of hydrogen-bond acceptors (Lipinski definition) is 5. The van der Waals surface area contributed by atoms with Crippen LogP contribution in [0.3, 0.4) is 0 Å². The van der Waals surface area contributed by atoms with Gasteiger partial charge >= 0.3 is 6.18 Å². The lowest BCUT2D eigenvalue weighted by Crippen LogP contribution is -2.30. The number of aromatic nitrogens is 1. The predicted octanol–water partition coefficient (Wildman–Crippen LogP) is 4.46. The third-order valence-corrected chi connectivity index (χ3v) is 6.06. The van der Waals surface area contributed by atoms with E-state index in [1.807, 2.05) is 0 Å². The molecule has 2 aromatic rings. The zero-order valence-corrected chi connectivity index (χ0v) is 15.1. The fourth-order valence-corrected chi connectivity index (χ4v) is 4.50. The van der Waals surface area contributed by atoms with Crippen LogP contribution < -0.4 is 5.32 Å². The Morgan fingerprint density at radius 1 is 1.38 bits per heavy atom. The number of carbonyl (C=O) groups is 1. The molecule has 1 aliphatic heterocycles. The maximum Gasteiger partial charge on any atom is 0.417 e. The Kier molecular flexibility index (Phi) is 5.53. The minimum Gasteiger partial charge on any atom is -0.355 e. The van der Waals surface area contributed by atoms with Gasteiger partial charge in [0.05, 0.1) is 26.9 Å². The van der Waals surface area contributed by atoms with Crippen LogP contribution in [0.5, 0.6) is 0 Å². The van der Waals surface area contributed by atoms with Crippen molar-refractivity contribution in [1.82, 2.24) is 10.3 Å². The third kappa shape index (κ3) is 4.02. The average molecular weight is 397 g/mol. The second kappa shape index (κ2) is 7.68. The predicted molar refractivity (Wildman–Crippen MR) is 93.8 cm³/mol. The Labute approximate surface area is 156 Å². The van der Waals surface area contributed by atoms with Crippen molar-refractivity contribution in [3.05, 3.63) is 34.7 Å². The Balaban J connectivity index is 2.08. The molecule has 1 saturated heterocycles. The van der Waals surface area contributed by atoms with Crippen LogP contribution in [0.2, 0.25) is 0 Å². The van der Waals surface area contributed by atoms with Gasteiger partial charge in [-0.05, 0) is 30.4 Å². The highest BCUT2D eigenvalue weighted by atomic mass is 32.2. The molecule has 0 saturated carbocycles. The lowest BCUT2D eigenvalue weighted by Gasteiger charge is -2.17. The Morgan fingerprint density at radius 3 is 2.85 bits per heavy atom. The second-order valence-corrected chi connectivity index (χ2v) is 7.85. The molecule has 1 fully saturated rings. The van der Waals surface area contributed by atoms with Crippen molar-refractivity contribution >= 4 is 29.0 Å². The molecule has 3 rings (SSSR count). The molecule has 3 heterocycles. The van der Waals surface area contributed by atoms with E-state index in [2.05, 4.69) is 10.3 Å². The van der Waals surface area contributed by atoms with Gasteiger partial charge < -0.3 is 5.32 Å². The first-order valence-corrected chi connectivity index (χ1v) is 9.66. The molecule has 0 aromatic carbocycles. The molecule has 1 amide bonds. The van der Waals surface area contributed by atoms with E-state index in [1.54, 1.807) is 23.6 Å². The maximum absolute atomic E-state index is 13.5. The van der Waals surface area contributed by atoms with Crippen molar-refractivity contribution in [2.45, 2.75) is 35.7 Å². The van der Waals surface area contributed by atoms with Crippen molar-refractivity contribution in [2.24, 2.45) is 0 Å². The molecule has 26 heavy (non-hydrogen) atoms. The second-order valence-electron chi connectivity index (χ2n) is 5.72. The molecule has 1 atom stereocenters. The summed E-state index contributed by atoms with van der Waals surface area (Å²) in [6, 6.07) is 5.93. The van der Waals surface area contributed by atoms with E-state index >= 15 is 0 Å². The van der Waals surface area contributed by atoms with E-state index < -0.39 is 22.6 Å². The number of rotatable bonds is 3. The standard InChI is InChI=1S/C17H14F3N3OS2/c18-17(19,20)11-8-12(13-5-3-7-25-13)23-16(10(11)9-21)26-14-4-1-2-6-22-15(14)24/h3,5,7-8,14H,1-2,4,6H2,(H,22,24)/t14-/m1/s1. The van der Waals surface area contributed by atoms with E-state index in [4.69, 9.17) is 0 Å². The van der Waals surface area contributed by atoms with Gasteiger partial charge in [-0.3, -0.25) is 4.79 Å². The van der Waals surface area contributed by atoms with Crippen molar-refractivity contribution in [1.29, 1.82) is 5.26 Å². The van der Waals surface area contributed by atoms with Crippen LogP contribution in [0.15, 0.2) is 28.6 Å². The molecular formula is C17H14F3N3OS2. The molecule has 0 radical (unpaired) electrons. The highest BCUT2D eigenvalue weighted by Gasteiger charge is 2.37. The number of nitriles is 1. The van der Waals surface area contributed by atoms with Gasteiger partial charge in [0.25, 0.3) is 0 Å². The number of alkyl halides is 3. The quantitative estimate of drug-likeness (QED) is 0.830. The summed E-state index contributed by atoms with van der Waals surface area (Å²) in [4.78, 5) is 17.0. The molecule has 0 spiro atoms. The van der Waals surface area contributed by atoms with Gasteiger partial charge in [-0.2, -0.15) is 18.4 Å². The van der Waals surface area contributed by atoms with Crippen LogP contribution in [0.4, 0.5) is 13.2 Å². The van der Waals surface area contributed by atoms with Crippen LogP contribution in [0.25, 0.3) is 10.6 Å². The first kappa shape index (κ1) is 18.7. The summed E-state index contributed by atoms with van der Waals surface area (Å²) in [6.45, 7) is 0.553. The van der Waals surface area contributed by atoms with E-state index in [0.717, 1.165) is 30.7 Å². The molecule has 1 N–H and O–H groups in total. The molecule has 136 valence electrons. The van der Waals surface area contributed by atoms with E-state index in [0.29, 0.717) is 17.8 Å². The number of amides is 1. The SMILES string of the molecule is N#Cc1c(C(F)(F)F)cc(-c2cccs2)nc1S[C@@H]1CCCCNC1=O. The molecule has 2 aromatic heterocycles. The summed E-state index contributed by atoms with van der Waals surface area (Å²) in [6.07, 6.45) is -2.53. The van der Waals surface area contributed by atoms with Gasteiger partial charge in [0.2, 0.25) is 5.91 Å². The number of halogens is 3. The number of pyridine rings is 1. The Morgan fingerprint density at radius 2 is 2.19 bits per heavy atom. The topological polar surface area (TPSA) is 65.8 Å². The third-order valence-electron chi connectivity index (χ3n) is 3.92. The van der Waals surface area contributed by atoms with Crippen LogP contribution in [-0.4, -0.2) is 22.7 Å². The maximum atomic E-state index is 13.5. The van der Waals surface area contributed by atoms with Crippen LogP contribution >= 0.6 is 23.1 Å². The van der Waals surface area contributed by atoms with E-state index in [-0.39, 0.29) is 16.6 Å². The minimum atomic E-state index is -4.68. The molecule has 0 aliphatic carbocycles. The number of carbonyl (C=O) groups excluding carboxylic acids is 1. The molecule has 0 bridgehead atoms. The van der Waals surface area contributed by atoms with Crippen molar-refractivity contribution in [3.8, 4) is 16.6 Å². The summed E-state index contributed by atoms with van der Waals surface area (Å²) in [5, 5.41) is 13.2. The van der Waals surface area contributed by atoms with Gasteiger partial charge in [0.1, 0.15) is 11.1 Å². The number of thiophene rings is 1. The highest BCUT2D eigenvalue weighted by Crippen LogP contribution is 2.40. The van der Waals surface area contributed by atoms with Crippen LogP contribution in [0.1, 0.15) is 30.4 Å². The van der Waals surface area contributed by atoms with Gasteiger partial charge in [-0.1, -0.05) is 24.2 Å². The first-order chi connectivity index (χ1) is 12.4. The van der Waals surface area contributed by atoms with Gasteiger partial charge in [0, 0.05) is 6.54 Å². The fourth-order valence-electron chi connectivity index (χ4n) is 2.65. The van der Waals surface area contributed by atoms with Crippen molar-refractivity contribution < 1.29 is 18.0 Å². The van der Waals surface area contributed by atoms with Gasteiger partial charge in [-0.15, -0.1) is 11.3 Å². The van der Waals surface area contributed by atoms with Crippen LogP contribution in [0, 0.1) is 11.3 Å². The number of thioether (sulfide) groups is 1. The molecule has 1 aliphatic rings. The Bertz CT molecular complexity index is 844. The zero-order chi connectivity index (χ0) is 18.7. The fraction of sp³-hybridized carbons (Fsp3) is 0.353. The molecule has 4 nitrogen and oxygen atoms in total. The normalized spacial score (nSPS) is 18.1. The first-order valence-electron chi connectivity index (χ1n) is 7.90. The summed E-state index contributed by atoms with van der Waals surface area (Å²) in [5.74, 6) is -0.228. The number of nitrogens with one attached hydrogen (secondary N) is 1. The van der Waals surface area contributed by atoms with Crippen LogP contribution in [-0.2, 0) is 11.0 Å². The highest BCUT2D eigenvalue weighted by molar-refractivity contribution is 8.00. The average Bonchev–Trinajstić information content (AvgIpc) is 3.06. The summed E-state index contributed by atoms with van der Waals surface area (Å²) < 4.78 is 40.5. The molecule has 0 unspecified atom stereocenters. The van der Waals surface area contributed by atoms with Gasteiger partial charge in [-0.25, -0.2) is 4.98 Å². The number of nitrogens with zero attached hydrogens (tertiary/aromatic N) is 2. The molecular weight excluding hydrogens is 383 g/mol. The van der Waals surface area contributed by atoms with Crippen molar-refractivity contribution in [3.63, 3.8) is 0 Å². The minimum absolute atomic E-state index is 0.0484. The largest absolute Gasteiger partial charge is 0.417 e. The summed E-state index contributed by atoms with van der Waals surface area (Å²) >= 11 is 2.20. The van der Waals surface area contributed by atoms with E-state index in [1.165, 1.54) is 11.3 Å². The zero-order valence-electron chi connectivity index (χ0n) is 13.5. The summed E-state index contributed by atoms with van der Waals surface area (Å²) in [7, 11) is 0. The smallest absolute Gasteiger partial charge is 0.355 e. The van der Waals surface area contributed by atoms with Gasteiger partial charge in [0.15, 0.2) is 0 Å². The number of hydrogen-bond donors (Lipinski definition) is 1. The van der Waals surface area contributed by atoms with Crippen molar-refractivity contribution in [2.75, 3.05) is 6.54 Å². The van der Waals surface area contributed by atoms with E-state index in [9.17, 15) is 23.2 Å².